The standard InChI is InChI=1S/C33H37NO5/c1-6-19-39-27-10-8-9-24(20-27)30(35)28-29(23-13-15-25(16-14-23)33(3,4)5)34(32(37)31(28)36)21-22-11-17-26(18-12-22)38-7-2/h8-18,20,29,35H,6-7,19,21H2,1-5H3/b30-28-. The molecule has 1 atom stereocenters. The predicted octanol–water partition coefficient (Wildman–Crippen LogP) is 6.79. The monoisotopic (exact) mass is 527 g/mol. The highest BCUT2D eigenvalue weighted by atomic mass is 16.5. The highest BCUT2D eigenvalue weighted by Gasteiger charge is 2.46. The number of aliphatic hydroxyl groups excluding tert-OH is 1. The molecule has 0 aromatic heterocycles. The molecule has 39 heavy (non-hydrogen) atoms. The van der Waals surface area contributed by atoms with Crippen molar-refractivity contribution in [3.05, 3.63) is 101 Å². The second kappa shape index (κ2) is 11.8. The maximum atomic E-state index is 13.5. The highest BCUT2D eigenvalue weighted by Crippen LogP contribution is 2.41. The third-order valence-corrected chi connectivity index (χ3v) is 6.80. The molecule has 1 amide bonds. The summed E-state index contributed by atoms with van der Waals surface area (Å²) in [5.74, 6) is -0.232. The summed E-state index contributed by atoms with van der Waals surface area (Å²) in [5, 5.41) is 11.5. The van der Waals surface area contributed by atoms with Gasteiger partial charge in [-0.25, -0.2) is 0 Å². The van der Waals surface area contributed by atoms with Crippen molar-refractivity contribution in [2.45, 2.75) is 59.0 Å². The van der Waals surface area contributed by atoms with Gasteiger partial charge in [0.1, 0.15) is 17.3 Å². The quantitative estimate of drug-likeness (QED) is 0.188. The van der Waals surface area contributed by atoms with Crippen molar-refractivity contribution in [2.24, 2.45) is 0 Å². The van der Waals surface area contributed by atoms with Crippen molar-refractivity contribution in [1.29, 1.82) is 0 Å². The number of nitrogens with zero attached hydrogens (tertiary/aromatic N) is 1. The number of aliphatic hydroxyl groups is 1. The summed E-state index contributed by atoms with van der Waals surface area (Å²) in [4.78, 5) is 28.4. The summed E-state index contributed by atoms with van der Waals surface area (Å²) >= 11 is 0. The third kappa shape index (κ3) is 6.17. The van der Waals surface area contributed by atoms with Gasteiger partial charge in [0.15, 0.2) is 0 Å². The Labute approximate surface area is 230 Å². The zero-order chi connectivity index (χ0) is 28.2. The van der Waals surface area contributed by atoms with Crippen molar-refractivity contribution >= 4 is 17.4 Å². The summed E-state index contributed by atoms with van der Waals surface area (Å²) in [6.45, 7) is 11.6. The molecular formula is C33H37NO5. The number of likely N-dealkylation sites (tertiary alicyclic amines) is 1. The molecule has 1 N–H and O–H groups in total. The number of ketones is 1. The number of carbonyl (C=O) groups excluding carboxylic acids is 2. The first-order chi connectivity index (χ1) is 18.6. The average molecular weight is 528 g/mol. The minimum absolute atomic E-state index is 0.0540. The molecule has 6 heteroatoms. The first kappa shape index (κ1) is 28.0. The van der Waals surface area contributed by atoms with Gasteiger partial charge in [-0.3, -0.25) is 9.59 Å². The highest BCUT2D eigenvalue weighted by molar-refractivity contribution is 6.46. The molecule has 0 spiro atoms. The number of hydrogen-bond acceptors (Lipinski definition) is 5. The molecule has 4 rings (SSSR count). The predicted molar refractivity (Wildman–Crippen MR) is 153 cm³/mol. The summed E-state index contributed by atoms with van der Waals surface area (Å²) in [6.07, 6.45) is 0.845. The van der Waals surface area contributed by atoms with Gasteiger partial charge in [0.2, 0.25) is 0 Å². The van der Waals surface area contributed by atoms with E-state index in [1.165, 1.54) is 4.90 Å². The van der Waals surface area contributed by atoms with Crippen LogP contribution in [0.1, 0.15) is 69.3 Å². The molecule has 204 valence electrons. The number of rotatable bonds is 9. The molecule has 1 saturated heterocycles. The van der Waals surface area contributed by atoms with Gasteiger partial charge >= 0.3 is 0 Å². The molecule has 0 aliphatic carbocycles. The van der Waals surface area contributed by atoms with Gasteiger partial charge in [0.25, 0.3) is 11.7 Å². The normalized spacial score (nSPS) is 16.9. The fraction of sp³-hybridized carbons (Fsp3) is 0.333. The molecule has 1 aliphatic rings. The number of amides is 1. The molecule has 3 aromatic carbocycles. The molecule has 1 fully saturated rings. The molecule has 6 nitrogen and oxygen atoms in total. The third-order valence-electron chi connectivity index (χ3n) is 6.80. The number of benzene rings is 3. The van der Waals surface area contributed by atoms with Gasteiger partial charge in [-0.2, -0.15) is 0 Å². The largest absolute Gasteiger partial charge is 0.507 e. The first-order valence-electron chi connectivity index (χ1n) is 13.5. The number of Topliss-reactive ketones (excluding diaryl/α,β-unsaturated/α-hetero) is 1. The van der Waals surface area contributed by atoms with Crippen LogP contribution in [-0.4, -0.2) is 34.9 Å². The SMILES string of the molecule is CCCOc1cccc(/C(O)=C2/C(=O)C(=O)N(Cc3ccc(OCC)cc3)C2c2ccc(C(C)(C)C)cc2)c1. The van der Waals surface area contributed by atoms with Crippen LogP contribution in [0, 0.1) is 0 Å². The summed E-state index contributed by atoms with van der Waals surface area (Å²) < 4.78 is 11.3. The Morgan fingerprint density at radius 2 is 1.59 bits per heavy atom. The summed E-state index contributed by atoms with van der Waals surface area (Å²) in [6, 6.07) is 21.6. The fourth-order valence-electron chi connectivity index (χ4n) is 4.72. The molecule has 0 bridgehead atoms. The van der Waals surface area contributed by atoms with E-state index in [4.69, 9.17) is 9.47 Å². The van der Waals surface area contributed by atoms with Crippen molar-refractivity contribution in [3.63, 3.8) is 0 Å². The lowest BCUT2D eigenvalue weighted by atomic mass is 9.85. The molecule has 3 aromatic rings. The van der Waals surface area contributed by atoms with Gasteiger partial charge in [-0.05, 0) is 59.7 Å². The van der Waals surface area contributed by atoms with Gasteiger partial charge in [0.05, 0.1) is 24.8 Å². The van der Waals surface area contributed by atoms with Gasteiger partial charge < -0.3 is 19.5 Å². The van der Waals surface area contributed by atoms with E-state index in [1.54, 1.807) is 24.3 Å². The lowest BCUT2D eigenvalue weighted by Gasteiger charge is -2.26. The topological polar surface area (TPSA) is 76.1 Å². The zero-order valence-corrected chi connectivity index (χ0v) is 23.4. The van der Waals surface area contributed by atoms with Crippen LogP contribution in [0.2, 0.25) is 0 Å². The second-order valence-electron chi connectivity index (χ2n) is 10.8. The van der Waals surface area contributed by atoms with E-state index in [9.17, 15) is 14.7 Å². The van der Waals surface area contributed by atoms with Crippen molar-refractivity contribution in [3.8, 4) is 11.5 Å². The van der Waals surface area contributed by atoms with Crippen LogP contribution in [0.4, 0.5) is 0 Å². The smallest absolute Gasteiger partial charge is 0.295 e. The van der Waals surface area contributed by atoms with E-state index >= 15 is 0 Å². The Morgan fingerprint density at radius 3 is 2.21 bits per heavy atom. The molecule has 1 aliphatic heterocycles. The average Bonchev–Trinajstić information content (AvgIpc) is 3.17. The number of carbonyl (C=O) groups is 2. The Bertz CT molecular complexity index is 1350. The Balaban J connectivity index is 1.79. The van der Waals surface area contributed by atoms with Crippen LogP contribution >= 0.6 is 0 Å². The van der Waals surface area contributed by atoms with E-state index in [1.807, 2.05) is 62.4 Å². The fourth-order valence-corrected chi connectivity index (χ4v) is 4.72. The van der Waals surface area contributed by atoms with E-state index in [0.717, 1.165) is 28.9 Å². The van der Waals surface area contributed by atoms with Crippen molar-refractivity contribution in [1.82, 2.24) is 4.90 Å². The van der Waals surface area contributed by atoms with Crippen LogP contribution in [0.15, 0.2) is 78.4 Å². The molecule has 0 saturated carbocycles. The van der Waals surface area contributed by atoms with Crippen molar-refractivity contribution < 1.29 is 24.2 Å². The lowest BCUT2D eigenvalue weighted by Crippen LogP contribution is -2.29. The number of hydrogen-bond donors (Lipinski definition) is 1. The first-order valence-corrected chi connectivity index (χ1v) is 13.5. The van der Waals surface area contributed by atoms with E-state index < -0.39 is 17.7 Å². The lowest BCUT2D eigenvalue weighted by molar-refractivity contribution is -0.140. The van der Waals surface area contributed by atoms with Gasteiger partial charge in [-0.15, -0.1) is 0 Å². The molecule has 1 unspecified atom stereocenters. The summed E-state index contributed by atoms with van der Waals surface area (Å²) in [7, 11) is 0. The minimum atomic E-state index is -0.745. The Morgan fingerprint density at radius 1 is 0.897 bits per heavy atom. The van der Waals surface area contributed by atoms with Crippen molar-refractivity contribution in [2.75, 3.05) is 13.2 Å². The Kier molecular flexibility index (Phi) is 8.44. The molecule has 0 radical (unpaired) electrons. The van der Waals surface area contributed by atoms with Crippen LogP contribution < -0.4 is 9.47 Å². The maximum absolute atomic E-state index is 13.5. The van der Waals surface area contributed by atoms with E-state index in [0.29, 0.717) is 24.5 Å². The molecule has 1 heterocycles. The van der Waals surface area contributed by atoms with E-state index in [2.05, 4.69) is 20.8 Å². The molecular weight excluding hydrogens is 490 g/mol. The Hall–Kier alpha value is -4.06. The van der Waals surface area contributed by atoms with Crippen LogP contribution in [0.5, 0.6) is 11.5 Å². The van der Waals surface area contributed by atoms with Crippen LogP contribution in [0.3, 0.4) is 0 Å². The second-order valence-corrected chi connectivity index (χ2v) is 10.8. The zero-order valence-electron chi connectivity index (χ0n) is 23.4. The van der Waals surface area contributed by atoms with Crippen LogP contribution in [-0.2, 0) is 21.5 Å². The minimum Gasteiger partial charge on any atom is -0.507 e. The van der Waals surface area contributed by atoms with Gasteiger partial charge in [-0.1, -0.05) is 76.2 Å². The maximum Gasteiger partial charge on any atom is 0.295 e. The van der Waals surface area contributed by atoms with Gasteiger partial charge in [0, 0.05) is 12.1 Å². The summed E-state index contributed by atoms with van der Waals surface area (Å²) in [5.41, 5.74) is 3.19. The van der Waals surface area contributed by atoms with Crippen LogP contribution in [0.25, 0.3) is 5.76 Å². The number of ether oxygens (including phenoxy) is 2. The van der Waals surface area contributed by atoms with E-state index in [-0.39, 0.29) is 23.3 Å².